The molecule has 0 spiro atoms. The lowest BCUT2D eigenvalue weighted by molar-refractivity contribution is 0.131. The summed E-state index contributed by atoms with van der Waals surface area (Å²) in [6.07, 6.45) is 2.67. The second-order valence-electron chi connectivity index (χ2n) is 6.95. The van der Waals surface area contributed by atoms with E-state index in [9.17, 15) is 0 Å². The van der Waals surface area contributed by atoms with E-state index in [2.05, 4.69) is 27.2 Å². The fourth-order valence-corrected chi connectivity index (χ4v) is 3.02. The predicted octanol–water partition coefficient (Wildman–Crippen LogP) is 2.11. The highest BCUT2D eigenvalue weighted by Crippen LogP contribution is 2.28. The molecule has 7 nitrogen and oxygen atoms in total. The number of hydrogen-bond donors (Lipinski definition) is 1. The van der Waals surface area contributed by atoms with E-state index < -0.39 is 0 Å². The molecule has 0 radical (unpaired) electrons. The van der Waals surface area contributed by atoms with Crippen molar-refractivity contribution in [2.45, 2.75) is 33.2 Å². The maximum absolute atomic E-state index is 5.68. The summed E-state index contributed by atoms with van der Waals surface area (Å²) in [6, 6.07) is 2.01. The zero-order chi connectivity index (χ0) is 17.5. The van der Waals surface area contributed by atoms with Crippen LogP contribution >= 0.6 is 24.0 Å². The molecule has 148 valence electrons. The van der Waals surface area contributed by atoms with Gasteiger partial charge in [0.2, 0.25) is 0 Å². The highest BCUT2D eigenvalue weighted by molar-refractivity contribution is 14.0. The summed E-state index contributed by atoms with van der Waals surface area (Å²) in [7, 11) is 0. The molecule has 3 rings (SSSR count). The van der Waals surface area contributed by atoms with Crippen molar-refractivity contribution < 1.29 is 9.26 Å². The Morgan fingerprint density at radius 2 is 2.12 bits per heavy atom. The molecular formula is C18H32IN5O2. The Morgan fingerprint density at radius 3 is 2.73 bits per heavy atom. The third-order valence-electron chi connectivity index (χ3n) is 4.62. The van der Waals surface area contributed by atoms with Gasteiger partial charge in [-0.1, -0.05) is 5.16 Å². The van der Waals surface area contributed by atoms with Crippen molar-refractivity contribution in [2.24, 2.45) is 10.9 Å². The van der Waals surface area contributed by atoms with E-state index in [1.54, 1.807) is 0 Å². The Labute approximate surface area is 173 Å². The van der Waals surface area contributed by atoms with Crippen LogP contribution in [0.4, 0.5) is 0 Å². The monoisotopic (exact) mass is 477 g/mol. The number of ether oxygens (including phenoxy) is 1. The number of nitrogens with zero attached hydrogens (tertiary/aromatic N) is 4. The van der Waals surface area contributed by atoms with Crippen LogP contribution < -0.4 is 5.32 Å². The molecule has 1 saturated heterocycles. The van der Waals surface area contributed by atoms with Gasteiger partial charge < -0.3 is 19.5 Å². The first kappa shape index (κ1) is 21.4. The van der Waals surface area contributed by atoms with Crippen LogP contribution in [0.1, 0.15) is 31.2 Å². The molecule has 2 heterocycles. The highest BCUT2D eigenvalue weighted by Gasteiger charge is 2.21. The second kappa shape index (κ2) is 11.1. The maximum atomic E-state index is 5.68. The highest BCUT2D eigenvalue weighted by atomic mass is 127. The number of rotatable bonds is 8. The molecule has 1 aromatic rings. The second-order valence-corrected chi connectivity index (χ2v) is 6.95. The smallest absolute Gasteiger partial charge is 0.194 e. The van der Waals surface area contributed by atoms with Gasteiger partial charge in [0.05, 0.1) is 18.8 Å². The summed E-state index contributed by atoms with van der Waals surface area (Å²) >= 11 is 0. The van der Waals surface area contributed by atoms with E-state index in [0.717, 1.165) is 82.4 Å². The van der Waals surface area contributed by atoms with E-state index in [-0.39, 0.29) is 24.0 Å². The Bertz CT molecular complexity index is 554. The summed E-state index contributed by atoms with van der Waals surface area (Å²) in [5.41, 5.74) is 1.01. The molecule has 1 aliphatic carbocycles. The average Bonchev–Trinajstić information content (AvgIpc) is 3.35. The van der Waals surface area contributed by atoms with Crippen molar-refractivity contribution in [1.82, 2.24) is 20.3 Å². The molecule has 0 bridgehead atoms. The Morgan fingerprint density at radius 1 is 1.35 bits per heavy atom. The molecule has 0 unspecified atom stereocenters. The fourth-order valence-electron chi connectivity index (χ4n) is 3.02. The number of halogens is 1. The summed E-state index contributed by atoms with van der Waals surface area (Å²) in [4.78, 5) is 9.48. The van der Waals surface area contributed by atoms with Gasteiger partial charge in [-0.3, -0.25) is 9.89 Å². The van der Waals surface area contributed by atoms with Gasteiger partial charge >= 0.3 is 0 Å². The summed E-state index contributed by atoms with van der Waals surface area (Å²) in [5.74, 6) is 2.70. The number of aromatic nitrogens is 1. The lowest BCUT2D eigenvalue weighted by Crippen LogP contribution is -2.52. The van der Waals surface area contributed by atoms with Crippen LogP contribution in [0.5, 0.6) is 0 Å². The van der Waals surface area contributed by atoms with Crippen molar-refractivity contribution in [2.75, 3.05) is 52.5 Å². The van der Waals surface area contributed by atoms with Gasteiger partial charge in [-0.15, -0.1) is 24.0 Å². The third-order valence-corrected chi connectivity index (χ3v) is 4.62. The first-order valence-electron chi connectivity index (χ1n) is 9.50. The molecule has 1 aliphatic heterocycles. The van der Waals surface area contributed by atoms with Crippen molar-refractivity contribution in [1.29, 1.82) is 0 Å². The van der Waals surface area contributed by atoms with E-state index in [1.807, 2.05) is 13.0 Å². The van der Waals surface area contributed by atoms with Gasteiger partial charge in [0.15, 0.2) is 5.96 Å². The van der Waals surface area contributed by atoms with Gasteiger partial charge in [-0.25, -0.2) is 0 Å². The minimum Gasteiger partial charge on any atom is -0.379 e. The van der Waals surface area contributed by atoms with Crippen LogP contribution in [-0.2, 0) is 11.3 Å². The van der Waals surface area contributed by atoms with Crippen LogP contribution in [0.3, 0.4) is 0 Å². The Kier molecular flexibility index (Phi) is 9.13. The van der Waals surface area contributed by atoms with Crippen molar-refractivity contribution in [3.63, 3.8) is 0 Å². The molecule has 26 heavy (non-hydrogen) atoms. The predicted molar refractivity (Wildman–Crippen MR) is 113 cm³/mol. The molecule has 0 amide bonds. The van der Waals surface area contributed by atoms with Gasteiger partial charge in [0.1, 0.15) is 5.76 Å². The Hall–Kier alpha value is -0.870. The lowest BCUT2D eigenvalue weighted by atomic mass is 10.3. The zero-order valence-corrected chi connectivity index (χ0v) is 18.3. The summed E-state index contributed by atoms with van der Waals surface area (Å²) < 4.78 is 10.8. The lowest BCUT2D eigenvalue weighted by Gasteiger charge is -2.36. The van der Waals surface area contributed by atoms with Gasteiger partial charge in [0, 0.05) is 51.9 Å². The third kappa shape index (κ3) is 7.03. The average molecular weight is 477 g/mol. The standard InChI is InChI=1S/C18H31N5O2.HI/c1-3-19-18(20-6-11-24-14-16-4-5-16)23-9-7-22(8-10-23)13-17-12-15(2)25-21-17;/h12,16H,3-11,13-14H2,1-2H3,(H,19,20);1H. The summed E-state index contributed by atoms with van der Waals surface area (Å²) in [5, 5.41) is 7.49. The molecule has 0 aromatic carbocycles. The molecular weight excluding hydrogens is 445 g/mol. The molecule has 8 heteroatoms. The zero-order valence-electron chi connectivity index (χ0n) is 15.9. The first-order chi connectivity index (χ1) is 12.2. The minimum absolute atomic E-state index is 0. The van der Waals surface area contributed by atoms with Crippen molar-refractivity contribution in [3.05, 3.63) is 17.5 Å². The number of piperazine rings is 1. The molecule has 2 aliphatic rings. The maximum Gasteiger partial charge on any atom is 0.194 e. The van der Waals surface area contributed by atoms with Crippen molar-refractivity contribution >= 4 is 29.9 Å². The molecule has 2 fully saturated rings. The van der Waals surface area contributed by atoms with Crippen molar-refractivity contribution in [3.8, 4) is 0 Å². The topological polar surface area (TPSA) is 66.1 Å². The van der Waals surface area contributed by atoms with E-state index in [1.165, 1.54) is 12.8 Å². The molecule has 1 N–H and O–H groups in total. The molecule has 0 atom stereocenters. The number of hydrogen-bond acceptors (Lipinski definition) is 5. The quantitative estimate of drug-likeness (QED) is 0.268. The van der Waals surface area contributed by atoms with E-state index in [0.29, 0.717) is 0 Å². The van der Waals surface area contributed by atoms with Crippen LogP contribution in [-0.4, -0.2) is 73.4 Å². The van der Waals surface area contributed by atoms with Crippen LogP contribution in [0.2, 0.25) is 0 Å². The van der Waals surface area contributed by atoms with E-state index >= 15 is 0 Å². The number of guanidine groups is 1. The summed E-state index contributed by atoms with van der Waals surface area (Å²) in [6.45, 7) is 12.1. The van der Waals surface area contributed by atoms with Crippen LogP contribution in [0, 0.1) is 12.8 Å². The SMILES string of the molecule is CCNC(=NCCOCC1CC1)N1CCN(Cc2cc(C)on2)CC1.I. The molecule has 1 saturated carbocycles. The van der Waals surface area contributed by atoms with Crippen LogP contribution in [0.25, 0.3) is 0 Å². The van der Waals surface area contributed by atoms with Crippen LogP contribution in [0.15, 0.2) is 15.6 Å². The minimum atomic E-state index is 0. The van der Waals surface area contributed by atoms with Gasteiger partial charge in [-0.2, -0.15) is 0 Å². The van der Waals surface area contributed by atoms with Gasteiger partial charge in [0.25, 0.3) is 0 Å². The fraction of sp³-hybridized carbons (Fsp3) is 0.778. The first-order valence-corrected chi connectivity index (χ1v) is 9.50. The molecule has 1 aromatic heterocycles. The normalized spacial score (nSPS) is 18.7. The number of aryl methyl sites for hydroxylation is 1. The largest absolute Gasteiger partial charge is 0.379 e. The van der Waals surface area contributed by atoms with E-state index in [4.69, 9.17) is 14.3 Å². The Balaban J connectivity index is 0.00000243. The van der Waals surface area contributed by atoms with Gasteiger partial charge in [-0.05, 0) is 32.6 Å². The number of nitrogens with one attached hydrogen (secondary N) is 1. The number of aliphatic imine (C=N–C) groups is 1.